The van der Waals surface area contributed by atoms with Gasteiger partial charge in [-0.2, -0.15) is 11.3 Å². The van der Waals surface area contributed by atoms with E-state index in [9.17, 15) is 14.7 Å². The Morgan fingerprint density at radius 2 is 2.14 bits per heavy atom. The van der Waals surface area contributed by atoms with Crippen molar-refractivity contribution in [1.29, 1.82) is 0 Å². The van der Waals surface area contributed by atoms with Crippen molar-refractivity contribution < 1.29 is 14.7 Å². The van der Waals surface area contributed by atoms with Gasteiger partial charge in [-0.25, -0.2) is 0 Å². The number of hydrogen-bond donors (Lipinski definition) is 3. The van der Waals surface area contributed by atoms with Crippen LogP contribution in [0, 0.1) is 17.8 Å². The molecule has 3 N–H and O–H groups in total. The summed E-state index contributed by atoms with van der Waals surface area (Å²) in [6, 6.07) is 1.88. The Kier molecular flexibility index (Phi) is 4.78. The first kappa shape index (κ1) is 15.5. The van der Waals surface area contributed by atoms with Crippen LogP contribution < -0.4 is 10.6 Å². The number of amides is 2. The number of thiophene rings is 1. The van der Waals surface area contributed by atoms with E-state index < -0.39 is 0 Å². The maximum Gasteiger partial charge on any atom is 0.252 e. The Balaban J connectivity index is 1.42. The van der Waals surface area contributed by atoms with E-state index in [2.05, 4.69) is 10.6 Å². The zero-order valence-electron chi connectivity index (χ0n) is 12.5. The highest BCUT2D eigenvalue weighted by atomic mass is 32.1. The van der Waals surface area contributed by atoms with Crippen molar-refractivity contribution in [1.82, 2.24) is 10.6 Å². The van der Waals surface area contributed by atoms with Gasteiger partial charge >= 0.3 is 0 Å². The first-order valence-corrected chi connectivity index (χ1v) is 8.84. The molecule has 0 saturated heterocycles. The highest BCUT2D eigenvalue weighted by Gasteiger charge is 2.47. The Hall–Kier alpha value is -1.40. The lowest BCUT2D eigenvalue weighted by molar-refractivity contribution is -0.122. The van der Waals surface area contributed by atoms with Crippen LogP contribution in [0.4, 0.5) is 0 Å². The number of nitrogens with one attached hydrogen (secondary N) is 2. The second-order valence-corrected chi connectivity index (χ2v) is 7.07. The van der Waals surface area contributed by atoms with E-state index in [1.807, 2.05) is 5.38 Å². The van der Waals surface area contributed by atoms with Crippen LogP contribution in [0.2, 0.25) is 0 Å². The Labute approximate surface area is 134 Å². The zero-order chi connectivity index (χ0) is 15.5. The fourth-order valence-electron chi connectivity index (χ4n) is 3.94. The number of carbonyl (C=O) groups excluding carboxylic acids is 2. The molecule has 120 valence electrons. The monoisotopic (exact) mass is 322 g/mol. The third kappa shape index (κ3) is 3.17. The lowest BCUT2D eigenvalue weighted by atomic mass is 9.85. The second kappa shape index (κ2) is 6.79. The van der Waals surface area contributed by atoms with Gasteiger partial charge in [-0.3, -0.25) is 9.59 Å². The minimum atomic E-state index is -0.137. The zero-order valence-corrected chi connectivity index (χ0v) is 13.3. The molecule has 2 aliphatic rings. The molecule has 1 aromatic rings. The summed E-state index contributed by atoms with van der Waals surface area (Å²) in [6.07, 6.45) is 3.74. The Bertz CT molecular complexity index is 532. The Morgan fingerprint density at radius 3 is 2.86 bits per heavy atom. The van der Waals surface area contributed by atoms with Gasteiger partial charge in [-0.15, -0.1) is 0 Å². The molecule has 2 saturated carbocycles. The second-order valence-electron chi connectivity index (χ2n) is 6.29. The van der Waals surface area contributed by atoms with Crippen LogP contribution in [0.15, 0.2) is 16.8 Å². The van der Waals surface area contributed by atoms with Gasteiger partial charge in [0.05, 0.1) is 0 Å². The number of hydrogen-bond acceptors (Lipinski definition) is 4. The number of aliphatic hydroxyl groups excluding tert-OH is 1. The molecule has 22 heavy (non-hydrogen) atoms. The molecule has 2 amide bonds. The van der Waals surface area contributed by atoms with Gasteiger partial charge in [-0.1, -0.05) is 0 Å². The molecule has 6 heteroatoms. The average Bonchev–Trinajstić information content (AvgIpc) is 3.24. The summed E-state index contributed by atoms with van der Waals surface area (Å²) in [5.41, 5.74) is 0.638. The summed E-state index contributed by atoms with van der Waals surface area (Å²) in [5, 5.41) is 19.0. The van der Waals surface area contributed by atoms with E-state index in [4.69, 9.17) is 0 Å². The van der Waals surface area contributed by atoms with Crippen molar-refractivity contribution >= 4 is 23.2 Å². The largest absolute Gasteiger partial charge is 0.396 e. The van der Waals surface area contributed by atoms with Crippen LogP contribution in [-0.2, 0) is 4.79 Å². The van der Waals surface area contributed by atoms with Gasteiger partial charge in [0.1, 0.15) is 0 Å². The van der Waals surface area contributed by atoms with Crippen LogP contribution >= 0.6 is 11.3 Å². The minimum Gasteiger partial charge on any atom is -0.396 e. The van der Waals surface area contributed by atoms with Crippen molar-refractivity contribution in [3.8, 4) is 0 Å². The van der Waals surface area contributed by atoms with Crippen LogP contribution in [0.5, 0.6) is 0 Å². The van der Waals surface area contributed by atoms with Crippen LogP contribution in [0.1, 0.15) is 36.0 Å². The average molecular weight is 322 g/mol. The van der Waals surface area contributed by atoms with Gasteiger partial charge in [0.15, 0.2) is 0 Å². The van der Waals surface area contributed by atoms with E-state index in [1.165, 1.54) is 17.8 Å². The normalized spacial score (nSPS) is 29.5. The summed E-state index contributed by atoms with van der Waals surface area (Å²) in [6.45, 7) is 0.492. The topological polar surface area (TPSA) is 78.4 Å². The van der Waals surface area contributed by atoms with E-state index >= 15 is 0 Å². The van der Waals surface area contributed by atoms with Crippen molar-refractivity contribution in [2.45, 2.75) is 31.7 Å². The van der Waals surface area contributed by atoms with Crippen molar-refractivity contribution in [2.24, 2.45) is 17.8 Å². The smallest absolute Gasteiger partial charge is 0.252 e. The van der Waals surface area contributed by atoms with Crippen molar-refractivity contribution in [3.63, 3.8) is 0 Å². The molecular weight excluding hydrogens is 300 g/mol. The summed E-state index contributed by atoms with van der Waals surface area (Å²) in [5.74, 6) is 1.12. The van der Waals surface area contributed by atoms with Gasteiger partial charge in [-0.05, 0) is 42.5 Å². The predicted octanol–water partition coefficient (Wildman–Crippen LogP) is 1.39. The first-order valence-electron chi connectivity index (χ1n) is 7.89. The van der Waals surface area contributed by atoms with Crippen LogP contribution in [0.3, 0.4) is 0 Å². The maximum absolute atomic E-state index is 12.1. The van der Waals surface area contributed by atoms with Gasteiger partial charge in [0, 0.05) is 42.5 Å². The summed E-state index contributed by atoms with van der Waals surface area (Å²) in [4.78, 5) is 23.8. The molecule has 3 rings (SSSR count). The molecule has 0 spiro atoms. The maximum atomic E-state index is 12.1. The molecule has 4 unspecified atom stereocenters. The summed E-state index contributed by atoms with van der Waals surface area (Å²) in [7, 11) is 0. The predicted molar refractivity (Wildman–Crippen MR) is 84.6 cm³/mol. The van der Waals surface area contributed by atoms with Crippen molar-refractivity contribution in [2.75, 3.05) is 13.2 Å². The minimum absolute atomic E-state index is 0.0402. The van der Waals surface area contributed by atoms with Crippen LogP contribution in [0.25, 0.3) is 0 Å². The molecule has 2 bridgehead atoms. The molecule has 0 radical (unpaired) electrons. The van der Waals surface area contributed by atoms with E-state index in [1.54, 1.807) is 11.4 Å². The number of carbonyl (C=O) groups is 2. The van der Waals surface area contributed by atoms with Crippen molar-refractivity contribution in [3.05, 3.63) is 22.4 Å². The van der Waals surface area contributed by atoms with E-state index in [0.717, 1.165) is 12.8 Å². The van der Waals surface area contributed by atoms with Gasteiger partial charge in [0.2, 0.25) is 5.91 Å². The molecule has 1 aromatic heterocycles. The third-order valence-electron chi connectivity index (χ3n) is 5.05. The summed E-state index contributed by atoms with van der Waals surface area (Å²) < 4.78 is 0. The summed E-state index contributed by atoms with van der Waals surface area (Å²) >= 11 is 1.47. The SMILES string of the molecule is O=C(CCNC(=O)c1ccsc1)NC1C2CCC(C2)C1CO. The first-order chi connectivity index (χ1) is 10.7. The highest BCUT2D eigenvalue weighted by molar-refractivity contribution is 7.08. The van der Waals surface area contributed by atoms with Crippen LogP contribution in [-0.4, -0.2) is 36.1 Å². The van der Waals surface area contributed by atoms with Gasteiger partial charge in [0.25, 0.3) is 5.91 Å². The highest BCUT2D eigenvalue weighted by Crippen LogP contribution is 2.48. The molecule has 0 aromatic carbocycles. The lowest BCUT2D eigenvalue weighted by Gasteiger charge is -2.30. The fraction of sp³-hybridized carbons (Fsp3) is 0.625. The number of rotatable bonds is 6. The molecular formula is C16H22N2O3S. The number of fused-ring (bicyclic) bond motifs is 2. The lowest BCUT2D eigenvalue weighted by Crippen LogP contribution is -2.46. The molecule has 2 fully saturated rings. The Morgan fingerprint density at radius 1 is 1.32 bits per heavy atom. The third-order valence-corrected chi connectivity index (χ3v) is 5.73. The molecule has 4 atom stereocenters. The standard InChI is InChI=1S/C16H22N2O3S/c19-8-13-10-1-2-11(7-10)15(13)18-14(20)3-5-17-16(21)12-4-6-22-9-12/h4,6,9-11,13,15,19H,1-3,5,7-8H2,(H,17,21)(H,18,20). The number of aliphatic hydroxyl groups is 1. The molecule has 1 heterocycles. The molecule has 5 nitrogen and oxygen atoms in total. The molecule has 0 aliphatic heterocycles. The van der Waals surface area contributed by atoms with E-state index in [0.29, 0.717) is 23.9 Å². The quantitative estimate of drug-likeness (QED) is 0.740. The van der Waals surface area contributed by atoms with E-state index in [-0.39, 0.29) is 36.8 Å². The fourth-order valence-corrected chi connectivity index (χ4v) is 4.58. The van der Waals surface area contributed by atoms with Gasteiger partial charge < -0.3 is 15.7 Å². The molecule has 2 aliphatic carbocycles.